The van der Waals surface area contributed by atoms with Gasteiger partial charge in [0.25, 0.3) is 0 Å². The first kappa shape index (κ1) is 18.5. The molecule has 0 N–H and O–H groups in total. The van der Waals surface area contributed by atoms with Gasteiger partial charge in [0.1, 0.15) is 0 Å². The van der Waals surface area contributed by atoms with Crippen LogP contribution in [0.1, 0.15) is 65.2 Å². The summed E-state index contributed by atoms with van der Waals surface area (Å²) < 4.78 is 16.9. The van der Waals surface area contributed by atoms with Gasteiger partial charge in [0, 0.05) is 0 Å². The molecule has 0 saturated carbocycles. The average Bonchev–Trinajstić information content (AvgIpc) is 2.36. The molecular weight excluding hydrogens is 430 g/mol. The number of rotatable bonds is 13. The van der Waals surface area contributed by atoms with E-state index in [0.29, 0.717) is 0 Å². The summed E-state index contributed by atoms with van der Waals surface area (Å²) >= 11 is -1.63. The van der Waals surface area contributed by atoms with Crippen LogP contribution in [0.5, 0.6) is 0 Å². The summed E-state index contributed by atoms with van der Waals surface area (Å²) in [7, 11) is 0. The Labute approximate surface area is 129 Å². The van der Waals surface area contributed by atoms with E-state index in [9.17, 15) is 0 Å². The first-order valence-electron chi connectivity index (χ1n) is 6.93. The van der Waals surface area contributed by atoms with Crippen LogP contribution in [-0.2, 0) is 7.56 Å². The van der Waals surface area contributed by atoms with Crippen LogP contribution < -0.4 is 0 Å². The van der Waals surface area contributed by atoms with Gasteiger partial charge in [-0.2, -0.15) is 0 Å². The van der Waals surface area contributed by atoms with Crippen LogP contribution in [0.4, 0.5) is 0 Å². The molecule has 2 radical (unpaired) electrons. The summed E-state index contributed by atoms with van der Waals surface area (Å²) in [6, 6.07) is 0. The Morgan fingerprint density at radius 2 is 1.24 bits per heavy atom. The van der Waals surface area contributed by atoms with E-state index < -0.39 is 21.0 Å². The number of unbranched alkanes of at least 4 members (excludes halogenated alkanes) is 6. The summed E-state index contributed by atoms with van der Waals surface area (Å²) in [4.78, 5) is 0. The van der Waals surface area contributed by atoms with Gasteiger partial charge in [-0.1, -0.05) is 0 Å². The predicted octanol–water partition coefficient (Wildman–Crippen LogP) is 2.73. The third-order valence-electron chi connectivity index (χ3n) is 2.61. The van der Waals surface area contributed by atoms with Crippen molar-refractivity contribution in [2.24, 2.45) is 0 Å². The van der Waals surface area contributed by atoms with Crippen LogP contribution in [0.3, 0.4) is 0 Å². The molecule has 102 valence electrons. The van der Waals surface area contributed by atoms with E-state index in [1.54, 1.807) is 0 Å². The van der Waals surface area contributed by atoms with E-state index in [-0.39, 0.29) is 0 Å². The quantitative estimate of drug-likeness (QED) is 0.314. The number of hydrogen-bond donors (Lipinski definition) is 0. The van der Waals surface area contributed by atoms with Crippen molar-refractivity contribution < 1.29 is 7.56 Å². The molecule has 0 unspecified atom stereocenters. The maximum absolute atomic E-state index is 5.74. The Hall–Kier alpha value is 1.48. The van der Waals surface area contributed by atoms with Crippen LogP contribution in [-0.4, -0.2) is 57.2 Å². The molecule has 0 bridgehead atoms. The molecule has 3 nitrogen and oxygen atoms in total. The van der Waals surface area contributed by atoms with Crippen molar-refractivity contribution in [1.29, 1.82) is 0 Å². The molecule has 0 atom stereocenters. The van der Waals surface area contributed by atoms with Crippen molar-refractivity contribution in [2.75, 3.05) is 13.2 Å². The first-order chi connectivity index (χ1) is 8.35. The molecule has 0 aliphatic rings. The molecule has 0 heterocycles. The van der Waals surface area contributed by atoms with Crippen molar-refractivity contribution in [3.8, 4) is 0 Å². The van der Waals surface area contributed by atoms with Crippen molar-refractivity contribution in [3.63, 3.8) is 0 Å². The van der Waals surface area contributed by atoms with Gasteiger partial charge in [0.2, 0.25) is 0 Å². The van der Waals surface area contributed by atoms with Gasteiger partial charge in [0.15, 0.2) is 0 Å². The van der Waals surface area contributed by atoms with E-state index in [1.165, 1.54) is 38.5 Å². The molecule has 0 rings (SSSR count). The monoisotopic (exact) mass is 460 g/mol. The molecule has 0 aromatic rings. The van der Waals surface area contributed by atoms with Crippen LogP contribution in [0.2, 0.25) is 0 Å². The zero-order valence-electron chi connectivity index (χ0n) is 11.5. The van der Waals surface area contributed by atoms with Gasteiger partial charge in [-0.3, -0.25) is 0 Å². The molecule has 5 heteroatoms. The standard InChI is InChI=1S/2C6H13O.O.2Sn.2H/c2*1-2-3-4-5-6-7;;;;;/h2*2-6H2,1H3;;;;;/q2*-1;;;+2;;. The normalized spacial score (nSPS) is 11.3. The van der Waals surface area contributed by atoms with Crippen LogP contribution in [0, 0.1) is 0 Å². The average molecular weight is 458 g/mol. The van der Waals surface area contributed by atoms with Gasteiger partial charge in [-0.05, 0) is 0 Å². The van der Waals surface area contributed by atoms with Gasteiger partial charge in [0.05, 0.1) is 0 Å². The zero-order valence-corrected chi connectivity index (χ0v) is 18.0. The van der Waals surface area contributed by atoms with Crippen molar-refractivity contribution in [1.82, 2.24) is 0 Å². The fourth-order valence-electron chi connectivity index (χ4n) is 1.54. The van der Waals surface area contributed by atoms with Gasteiger partial charge in [-0.15, -0.1) is 0 Å². The van der Waals surface area contributed by atoms with E-state index in [1.807, 2.05) is 0 Å². The van der Waals surface area contributed by atoms with Gasteiger partial charge in [-0.25, -0.2) is 0 Å². The molecule has 17 heavy (non-hydrogen) atoms. The van der Waals surface area contributed by atoms with Crippen LogP contribution in [0.15, 0.2) is 0 Å². The fourth-order valence-corrected chi connectivity index (χ4v) is 7.32. The minimum absolute atomic E-state index is 0.817. The summed E-state index contributed by atoms with van der Waals surface area (Å²) in [5, 5.41) is 0. The summed E-state index contributed by atoms with van der Waals surface area (Å²) in [6.07, 6.45) is 10.0. The summed E-state index contributed by atoms with van der Waals surface area (Å²) in [5.74, 6) is 0. The molecule has 0 aromatic heterocycles. The van der Waals surface area contributed by atoms with Crippen LogP contribution in [0.25, 0.3) is 0 Å². The third-order valence-corrected chi connectivity index (χ3v) is 10.4. The Morgan fingerprint density at radius 1 is 0.765 bits per heavy atom. The topological polar surface area (TPSA) is 27.7 Å². The Bertz CT molecular complexity index is 134. The van der Waals surface area contributed by atoms with Crippen molar-refractivity contribution in [3.05, 3.63) is 0 Å². The Kier molecular flexibility index (Phi) is 16.9. The maximum atomic E-state index is 5.74. The fraction of sp³-hybridized carbons (Fsp3) is 1.00. The summed E-state index contributed by atoms with van der Waals surface area (Å²) in [6.45, 7) is 6.14. The second-order valence-electron chi connectivity index (χ2n) is 4.29. The van der Waals surface area contributed by atoms with E-state index in [2.05, 4.69) is 13.8 Å². The Morgan fingerprint density at radius 3 is 1.59 bits per heavy atom. The van der Waals surface area contributed by atoms with Gasteiger partial charge >= 0.3 is 130 Å². The molecule has 0 fully saturated rings. The van der Waals surface area contributed by atoms with Crippen molar-refractivity contribution >= 4 is 43.9 Å². The molecule has 0 amide bonds. The van der Waals surface area contributed by atoms with E-state index in [4.69, 9.17) is 7.56 Å². The summed E-state index contributed by atoms with van der Waals surface area (Å²) in [5.41, 5.74) is 0. The molecule has 0 aliphatic heterocycles. The zero-order chi connectivity index (χ0) is 12.8. The predicted molar refractivity (Wildman–Crippen MR) is 75.6 cm³/mol. The third kappa shape index (κ3) is 13.7. The SMILES string of the molecule is CCCCCC[O][SnH]([O][SnH])[O]CCCCCC. The number of hydrogen-bond acceptors (Lipinski definition) is 3. The van der Waals surface area contributed by atoms with E-state index >= 15 is 0 Å². The first-order valence-corrected chi connectivity index (χ1v) is 12.3. The van der Waals surface area contributed by atoms with Crippen LogP contribution >= 0.6 is 0 Å². The second-order valence-corrected chi connectivity index (χ2v) is 13.8. The molecule has 0 saturated heterocycles. The second kappa shape index (κ2) is 15.5. The van der Waals surface area contributed by atoms with E-state index in [0.717, 1.165) is 49.0 Å². The molecule has 0 aliphatic carbocycles. The van der Waals surface area contributed by atoms with Crippen molar-refractivity contribution in [2.45, 2.75) is 65.2 Å². The molecular formula is C12H28O3Sn2. The Balaban J connectivity index is 3.30. The molecule has 0 aromatic carbocycles. The van der Waals surface area contributed by atoms with Gasteiger partial charge < -0.3 is 0 Å². The molecule has 0 spiro atoms. The minimum atomic E-state index is -2.45.